The lowest BCUT2D eigenvalue weighted by molar-refractivity contribution is 0.0447. The van der Waals surface area contributed by atoms with Crippen LogP contribution < -0.4 is 0 Å². The maximum Gasteiger partial charge on any atom is 0.0614 e. The summed E-state index contributed by atoms with van der Waals surface area (Å²) in [6.45, 7) is 5.67. The van der Waals surface area contributed by atoms with Crippen molar-refractivity contribution in [1.82, 2.24) is 4.90 Å². The summed E-state index contributed by atoms with van der Waals surface area (Å²) in [5, 5.41) is 0. The molecule has 15 heavy (non-hydrogen) atoms. The van der Waals surface area contributed by atoms with Crippen LogP contribution in [-0.4, -0.2) is 30.7 Å². The third-order valence-electron chi connectivity index (χ3n) is 3.41. The van der Waals surface area contributed by atoms with E-state index in [2.05, 4.69) is 17.9 Å². The number of nitrogens with zero attached hydrogens (tertiary/aromatic N) is 1. The van der Waals surface area contributed by atoms with Crippen molar-refractivity contribution in [3.63, 3.8) is 0 Å². The monoisotopic (exact) mass is 209 g/mol. The molecule has 1 heterocycles. The minimum absolute atomic E-state index is 0.497. The Kier molecular flexibility index (Phi) is 4.07. The van der Waals surface area contributed by atoms with E-state index in [4.69, 9.17) is 4.74 Å². The Hall–Kier alpha value is -0.500. The molecule has 0 saturated carbocycles. The highest BCUT2D eigenvalue weighted by Crippen LogP contribution is 2.26. The van der Waals surface area contributed by atoms with Crippen LogP contribution in [0.3, 0.4) is 0 Å². The first-order chi connectivity index (χ1) is 7.40. The molecule has 0 bridgehead atoms. The molecule has 1 unspecified atom stereocenters. The fourth-order valence-corrected chi connectivity index (χ4v) is 2.52. The van der Waals surface area contributed by atoms with Gasteiger partial charge in [-0.05, 0) is 38.5 Å². The van der Waals surface area contributed by atoms with Crippen molar-refractivity contribution in [2.45, 2.75) is 51.6 Å². The Morgan fingerprint density at radius 3 is 2.80 bits per heavy atom. The second kappa shape index (κ2) is 5.55. The smallest absolute Gasteiger partial charge is 0.0614 e. The SMILES string of the molecule is CCCOC1CC=C(N2CCCC2)CC1. The molecule has 0 radical (unpaired) electrons. The molecule has 0 aromatic carbocycles. The van der Waals surface area contributed by atoms with Crippen LogP contribution in [0.4, 0.5) is 0 Å². The summed E-state index contributed by atoms with van der Waals surface area (Å²) < 4.78 is 5.78. The van der Waals surface area contributed by atoms with Gasteiger partial charge >= 0.3 is 0 Å². The molecule has 1 aliphatic heterocycles. The van der Waals surface area contributed by atoms with Crippen LogP contribution in [0.5, 0.6) is 0 Å². The van der Waals surface area contributed by atoms with Crippen molar-refractivity contribution >= 4 is 0 Å². The second-order valence-electron chi connectivity index (χ2n) is 4.66. The first-order valence-corrected chi connectivity index (χ1v) is 6.45. The molecule has 0 aromatic rings. The van der Waals surface area contributed by atoms with Gasteiger partial charge in [0.1, 0.15) is 0 Å². The molecule has 2 rings (SSSR count). The first kappa shape index (κ1) is 11.0. The topological polar surface area (TPSA) is 12.5 Å². The molecular formula is C13H23NO. The summed E-state index contributed by atoms with van der Waals surface area (Å²) >= 11 is 0. The number of ether oxygens (including phenoxy) is 1. The zero-order chi connectivity index (χ0) is 10.5. The van der Waals surface area contributed by atoms with Crippen LogP contribution in [-0.2, 0) is 4.74 Å². The van der Waals surface area contributed by atoms with Crippen LogP contribution in [0.15, 0.2) is 11.8 Å². The molecule has 2 nitrogen and oxygen atoms in total. The van der Waals surface area contributed by atoms with Gasteiger partial charge < -0.3 is 9.64 Å². The van der Waals surface area contributed by atoms with E-state index in [1.807, 2.05) is 0 Å². The molecule has 1 fully saturated rings. The molecular weight excluding hydrogens is 186 g/mol. The normalized spacial score (nSPS) is 26.9. The molecule has 1 aliphatic carbocycles. The van der Waals surface area contributed by atoms with Crippen molar-refractivity contribution in [1.29, 1.82) is 0 Å². The van der Waals surface area contributed by atoms with E-state index in [0.717, 1.165) is 19.4 Å². The number of hydrogen-bond acceptors (Lipinski definition) is 2. The van der Waals surface area contributed by atoms with Crippen LogP contribution in [0, 0.1) is 0 Å². The predicted molar refractivity (Wildman–Crippen MR) is 62.8 cm³/mol. The Morgan fingerprint density at radius 1 is 1.40 bits per heavy atom. The van der Waals surface area contributed by atoms with Gasteiger partial charge in [-0.2, -0.15) is 0 Å². The molecule has 86 valence electrons. The molecule has 0 N–H and O–H groups in total. The summed E-state index contributed by atoms with van der Waals surface area (Å²) in [5.74, 6) is 0. The highest BCUT2D eigenvalue weighted by molar-refractivity contribution is 5.07. The lowest BCUT2D eigenvalue weighted by Crippen LogP contribution is -2.24. The molecule has 1 atom stereocenters. The fraction of sp³-hybridized carbons (Fsp3) is 0.846. The molecule has 2 aliphatic rings. The predicted octanol–water partition coefficient (Wildman–Crippen LogP) is 2.95. The molecule has 0 amide bonds. The maximum atomic E-state index is 5.78. The van der Waals surface area contributed by atoms with Crippen LogP contribution in [0.1, 0.15) is 45.4 Å². The summed E-state index contributed by atoms with van der Waals surface area (Å²) in [6.07, 6.45) is 10.4. The molecule has 2 heteroatoms. The van der Waals surface area contributed by atoms with Crippen LogP contribution in [0.2, 0.25) is 0 Å². The van der Waals surface area contributed by atoms with Crippen molar-refractivity contribution in [2.75, 3.05) is 19.7 Å². The van der Waals surface area contributed by atoms with Crippen molar-refractivity contribution in [3.8, 4) is 0 Å². The van der Waals surface area contributed by atoms with Crippen molar-refractivity contribution < 1.29 is 4.74 Å². The third kappa shape index (κ3) is 2.97. The van der Waals surface area contributed by atoms with Crippen molar-refractivity contribution in [3.05, 3.63) is 11.8 Å². The minimum atomic E-state index is 0.497. The van der Waals surface area contributed by atoms with E-state index in [0.29, 0.717) is 6.10 Å². The Labute approximate surface area is 93.3 Å². The highest BCUT2D eigenvalue weighted by Gasteiger charge is 2.20. The minimum Gasteiger partial charge on any atom is -0.378 e. The van der Waals surface area contributed by atoms with E-state index in [1.54, 1.807) is 5.70 Å². The zero-order valence-electron chi connectivity index (χ0n) is 9.87. The number of hydrogen-bond donors (Lipinski definition) is 0. The summed E-state index contributed by atoms with van der Waals surface area (Å²) in [7, 11) is 0. The van der Waals surface area contributed by atoms with Gasteiger partial charge in [-0.1, -0.05) is 13.0 Å². The first-order valence-electron chi connectivity index (χ1n) is 6.45. The van der Waals surface area contributed by atoms with Gasteiger partial charge in [0.25, 0.3) is 0 Å². The summed E-state index contributed by atoms with van der Waals surface area (Å²) in [4.78, 5) is 2.57. The average Bonchev–Trinajstić information content (AvgIpc) is 2.80. The third-order valence-corrected chi connectivity index (χ3v) is 3.41. The number of likely N-dealkylation sites (tertiary alicyclic amines) is 1. The average molecular weight is 209 g/mol. The van der Waals surface area contributed by atoms with Gasteiger partial charge in [-0.3, -0.25) is 0 Å². The largest absolute Gasteiger partial charge is 0.378 e. The summed E-state index contributed by atoms with van der Waals surface area (Å²) in [6, 6.07) is 0. The fourth-order valence-electron chi connectivity index (χ4n) is 2.52. The van der Waals surface area contributed by atoms with Gasteiger partial charge in [0, 0.05) is 25.4 Å². The van der Waals surface area contributed by atoms with E-state index < -0.39 is 0 Å². The summed E-state index contributed by atoms with van der Waals surface area (Å²) in [5.41, 5.74) is 1.59. The van der Waals surface area contributed by atoms with Gasteiger partial charge in [0.2, 0.25) is 0 Å². The number of allylic oxidation sites excluding steroid dienone is 1. The van der Waals surface area contributed by atoms with Crippen LogP contribution in [0.25, 0.3) is 0 Å². The zero-order valence-corrected chi connectivity index (χ0v) is 9.87. The van der Waals surface area contributed by atoms with E-state index in [9.17, 15) is 0 Å². The standard InChI is InChI=1S/C13H23NO/c1-2-11-15-13-7-5-12(6-8-13)14-9-3-4-10-14/h5,13H,2-4,6-11H2,1H3. The van der Waals surface area contributed by atoms with Crippen LogP contribution >= 0.6 is 0 Å². The van der Waals surface area contributed by atoms with Gasteiger partial charge in [0.15, 0.2) is 0 Å². The number of rotatable bonds is 4. The molecule has 0 aromatic heterocycles. The van der Waals surface area contributed by atoms with Gasteiger partial charge in [0.05, 0.1) is 6.10 Å². The Bertz CT molecular complexity index is 219. The molecule has 0 spiro atoms. The Morgan fingerprint density at radius 2 is 2.20 bits per heavy atom. The molecule has 1 saturated heterocycles. The Balaban J connectivity index is 1.77. The maximum absolute atomic E-state index is 5.78. The van der Waals surface area contributed by atoms with Gasteiger partial charge in [-0.25, -0.2) is 0 Å². The lowest BCUT2D eigenvalue weighted by Gasteiger charge is -2.28. The lowest BCUT2D eigenvalue weighted by atomic mass is 10.0. The van der Waals surface area contributed by atoms with Crippen molar-refractivity contribution in [2.24, 2.45) is 0 Å². The van der Waals surface area contributed by atoms with E-state index in [1.165, 1.54) is 38.8 Å². The quantitative estimate of drug-likeness (QED) is 0.706. The van der Waals surface area contributed by atoms with E-state index >= 15 is 0 Å². The second-order valence-corrected chi connectivity index (χ2v) is 4.66. The highest BCUT2D eigenvalue weighted by atomic mass is 16.5. The van der Waals surface area contributed by atoms with Gasteiger partial charge in [-0.15, -0.1) is 0 Å². The van der Waals surface area contributed by atoms with E-state index in [-0.39, 0.29) is 0 Å².